The predicted molar refractivity (Wildman–Crippen MR) is 69.1 cm³/mol. The third-order valence-corrected chi connectivity index (χ3v) is 4.01. The number of carbonyl (C=O) groups is 2. The smallest absolute Gasteiger partial charge is 0.355 e. The molecule has 2 heterocycles. The summed E-state index contributed by atoms with van der Waals surface area (Å²) in [4.78, 5) is 26.7. The first kappa shape index (κ1) is 14.0. The van der Waals surface area contributed by atoms with Crippen molar-refractivity contribution < 1.29 is 19.4 Å². The van der Waals surface area contributed by atoms with E-state index in [2.05, 4.69) is 10.3 Å². The average Bonchev–Trinajstić information content (AvgIpc) is 2.85. The van der Waals surface area contributed by atoms with Crippen LogP contribution in [0.25, 0.3) is 0 Å². The molecule has 0 aliphatic carbocycles. The number of carbonyl (C=O) groups excluding carboxylic acids is 1. The summed E-state index contributed by atoms with van der Waals surface area (Å²) in [6.07, 6.45) is 1.68. The molecule has 1 aliphatic heterocycles. The van der Waals surface area contributed by atoms with Gasteiger partial charge in [0.2, 0.25) is 5.91 Å². The molecule has 0 saturated carbocycles. The fourth-order valence-electron chi connectivity index (χ4n) is 1.97. The molecular formula is C12H16N2O4S. The zero-order valence-corrected chi connectivity index (χ0v) is 11.5. The molecule has 1 aliphatic rings. The molecular weight excluding hydrogens is 268 g/mol. The van der Waals surface area contributed by atoms with E-state index in [1.165, 1.54) is 16.7 Å². The summed E-state index contributed by atoms with van der Waals surface area (Å²) in [6, 6.07) is 0. The van der Waals surface area contributed by atoms with Gasteiger partial charge in [-0.25, -0.2) is 9.78 Å². The predicted octanol–water partition coefficient (Wildman–Crippen LogP) is 1.27. The SMILES string of the molecule is C[C@@]1(C(=O)NCc2nc(C(=O)O)cs2)CCCOC1. The average molecular weight is 284 g/mol. The lowest BCUT2D eigenvalue weighted by atomic mass is 9.84. The van der Waals surface area contributed by atoms with E-state index in [0.717, 1.165) is 12.8 Å². The molecule has 1 amide bonds. The van der Waals surface area contributed by atoms with Crippen LogP contribution >= 0.6 is 11.3 Å². The van der Waals surface area contributed by atoms with Crippen molar-refractivity contribution in [3.8, 4) is 0 Å². The van der Waals surface area contributed by atoms with E-state index in [0.29, 0.717) is 18.2 Å². The van der Waals surface area contributed by atoms with Crippen molar-refractivity contribution in [2.75, 3.05) is 13.2 Å². The maximum Gasteiger partial charge on any atom is 0.355 e. The van der Waals surface area contributed by atoms with Crippen LogP contribution in [0.1, 0.15) is 35.3 Å². The van der Waals surface area contributed by atoms with Crippen molar-refractivity contribution in [1.82, 2.24) is 10.3 Å². The lowest BCUT2D eigenvalue weighted by molar-refractivity contribution is -0.137. The van der Waals surface area contributed by atoms with Gasteiger partial charge in [-0.15, -0.1) is 11.3 Å². The third-order valence-electron chi connectivity index (χ3n) is 3.16. The highest BCUT2D eigenvalue weighted by atomic mass is 32.1. The van der Waals surface area contributed by atoms with Crippen LogP contribution in [0.5, 0.6) is 0 Å². The summed E-state index contributed by atoms with van der Waals surface area (Å²) < 4.78 is 5.34. The molecule has 6 nitrogen and oxygen atoms in total. The van der Waals surface area contributed by atoms with Gasteiger partial charge in [0.1, 0.15) is 5.01 Å². The van der Waals surface area contributed by atoms with Crippen molar-refractivity contribution in [2.45, 2.75) is 26.3 Å². The van der Waals surface area contributed by atoms with Gasteiger partial charge in [0.25, 0.3) is 0 Å². The third kappa shape index (κ3) is 3.30. The summed E-state index contributed by atoms with van der Waals surface area (Å²) in [5.41, 5.74) is -0.480. The molecule has 1 fully saturated rings. The Morgan fingerprint density at radius 1 is 1.63 bits per heavy atom. The largest absolute Gasteiger partial charge is 0.476 e. The normalized spacial score (nSPS) is 23.0. The first-order chi connectivity index (χ1) is 9.01. The first-order valence-corrected chi connectivity index (χ1v) is 6.93. The van der Waals surface area contributed by atoms with E-state index in [1.54, 1.807) is 0 Å². The van der Waals surface area contributed by atoms with Crippen molar-refractivity contribution in [3.63, 3.8) is 0 Å². The van der Waals surface area contributed by atoms with Crippen molar-refractivity contribution in [2.24, 2.45) is 5.41 Å². The molecule has 2 N–H and O–H groups in total. The van der Waals surface area contributed by atoms with Crippen LogP contribution in [0, 0.1) is 5.41 Å². The number of nitrogens with one attached hydrogen (secondary N) is 1. The lowest BCUT2D eigenvalue weighted by Gasteiger charge is -2.31. The van der Waals surface area contributed by atoms with E-state index in [9.17, 15) is 9.59 Å². The summed E-state index contributed by atoms with van der Waals surface area (Å²) in [5, 5.41) is 13.6. The van der Waals surface area contributed by atoms with Crippen LogP contribution in [0.2, 0.25) is 0 Å². The summed E-state index contributed by atoms with van der Waals surface area (Å²) >= 11 is 1.23. The molecule has 1 aromatic rings. The lowest BCUT2D eigenvalue weighted by Crippen LogP contribution is -2.44. The van der Waals surface area contributed by atoms with Crippen LogP contribution < -0.4 is 5.32 Å². The fourth-order valence-corrected chi connectivity index (χ4v) is 2.68. The van der Waals surface area contributed by atoms with Crippen LogP contribution in [0.15, 0.2) is 5.38 Å². The molecule has 0 aromatic carbocycles. The Morgan fingerprint density at radius 3 is 3.00 bits per heavy atom. The minimum atomic E-state index is -1.05. The Hall–Kier alpha value is -1.47. The zero-order valence-electron chi connectivity index (χ0n) is 10.6. The first-order valence-electron chi connectivity index (χ1n) is 6.05. The van der Waals surface area contributed by atoms with Gasteiger partial charge in [-0.05, 0) is 19.8 Å². The molecule has 2 rings (SSSR count). The highest BCUT2D eigenvalue weighted by molar-refractivity contribution is 7.09. The van der Waals surface area contributed by atoms with Crippen LogP contribution in [0.3, 0.4) is 0 Å². The quantitative estimate of drug-likeness (QED) is 0.869. The highest BCUT2D eigenvalue weighted by Gasteiger charge is 2.35. The number of thiazole rings is 1. The van der Waals surface area contributed by atoms with Gasteiger partial charge < -0.3 is 15.2 Å². The number of ether oxygens (including phenoxy) is 1. The van der Waals surface area contributed by atoms with Gasteiger partial charge >= 0.3 is 5.97 Å². The van der Waals surface area contributed by atoms with E-state index in [4.69, 9.17) is 9.84 Å². The summed E-state index contributed by atoms with van der Waals surface area (Å²) in [6.45, 7) is 3.27. The molecule has 0 radical (unpaired) electrons. The molecule has 1 saturated heterocycles. The summed E-state index contributed by atoms with van der Waals surface area (Å²) in [5.74, 6) is -1.12. The number of rotatable bonds is 4. The Labute approximate surface area is 114 Å². The van der Waals surface area contributed by atoms with Gasteiger partial charge in [0.05, 0.1) is 18.6 Å². The van der Waals surface area contributed by atoms with E-state index >= 15 is 0 Å². The number of carboxylic acids is 1. The molecule has 0 bridgehead atoms. The molecule has 104 valence electrons. The Balaban J connectivity index is 1.90. The number of hydrogen-bond donors (Lipinski definition) is 2. The highest BCUT2D eigenvalue weighted by Crippen LogP contribution is 2.28. The van der Waals surface area contributed by atoms with E-state index < -0.39 is 11.4 Å². The zero-order chi connectivity index (χ0) is 13.9. The van der Waals surface area contributed by atoms with E-state index in [-0.39, 0.29) is 18.1 Å². The number of carboxylic acid groups (broad SMARTS) is 1. The van der Waals surface area contributed by atoms with E-state index in [1.807, 2.05) is 6.92 Å². The van der Waals surface area contributed by atoms with Gasteiger partial charge in [-0.2, -0.15) is 0 Å². The molecule has 0 unspecified atom stereocenters. The van der Waals surface area contributed by atoms with Crippen molar-refractivity contribution >= 4 is 23.2 Å². The molecule has 19 heavy (non-hydrogen) atoms. The molecule has 1 aromatic heterocycles. The molecule has 0 spiro atoms. The second-order valence-electron chi connectivity index (χ2n) is 4.83. The number of aromatic nitrogens is 1. The molecule has 7 heteroatoms. The van der Waals surface area contributed by atoms with Gasteiger partial charge in [-0.1, -0.05) is 0 Å². The van der Waals surface area contributed by atoms with Crippen molar-refractivity contribution in [1.29, 1.82) is 0 Å². The molecule has 1 atom stereocenters. The number of nitrogens with zero attached hydrogens (tertiary/aromatic N) is 1. The minimum absolute atomic E-state index is 0.0152. The van der Waals surface area contributed by atoms with Crippen LogP contribution in [-0.2, 0) is 16.1 Å². The Morgan fingerprint density at radius 2 is 2.42 bits per heavy atom. The maximum absolute atomic E-state index is 12.1. The maximum atomic E-state index is 12.1. The number of amides is 1. The summed E-state index contributed by atoms with van der Waals surface area (Å²) in [7, 11) is 0. The number of hydrogen-bond acceptors (Lipinski definition) is 5. The topological polar surface area (TPSA) is 88.5 Å². The Bertz CT molecular complexity index is 480. The van der Waals surface area contributed by atoms with Gasteiger partial charge in [0.15, 0.2) is 5.69 Å². The standard InChI is InChI=1S/C12H16N2O4S/c1-12(3-2-4-18-7-12)11(17)13-5-9-14-8(6-19-9)10(15)16/h6H,2-5,7H2,1H3,(H,13,17)(H,15,16)/t12-/m1/s1. The van der Waals surface area contributed by atoms with Crippen molar-refractivity contribution in [3.05, 3.63) is 16.1 Å². The fraction of sp³-hybridized carbons (Fsp3) is 0.583. The second-order valence-corrected chi connectivity index (χ2v) is 5.77. The monoisotopic (exact) mass is 284 g/mol. The second kappa shape index (κ2) is 5.66. The number of aromatic carboxylic acids is 1. The van der Waals surface area contributed by atoms with Crippen LogP contribution in [0.4, 0.5) is 0 Å². The minimum Gasteiger partial charge on any atom is -0.476 e. The van der Waals surface area contributed by atoms with Crippen LogP contribution in [-0.4, -0.2) is 35.2 Å². The van der Waals surface area contributed by atoms with Gasteiger partial charge in [0, 0.05) is 12.0 Å². The Kier molecular flexibility index (Phi) is 4.16. The van der Waals surface area contributed by atoms with Gasteiger partial charge in [-0.3, -0.25) is 4.79 Å².